The highest BCUT2D eigenvalue weighted by Crippen LogP contribution is 2.43. The summed E-state index contributed by atoms with van der Waals surface area (Å²) in [4.78, 5) is 27.9. The van der Waals surface area contributed by atoms with E-state index in [1.165, 1.54) is 31.3 Å². The summed E-state index contributed by atoms with van der Waals surface area (Å²) in [6, 6.07) is 9.79. The Hall–Kier alpha value is -3.03. The number of ether oxygens (including phenoxy) is 3. The molecule has 2 aliphatic heterocycles. The maximum absolute atomic E-state index is 13.2. The SMILES string of the molecule is COc1cc(/C(O)=C2\C(=O)C(=O)N(CC3CCCO3)C2c2cccc(C)c2)c(OC)cc1Cl. The van der Waals surface area contributed by atoms with Crippen LogP contribution in [0.4, 0.5) is 0 Å². The van der Waals surface area contributed by atoms with Crippen molar-refractivity contribution in [2.75, 3.05) is 27.4 Å². The molecular weight excluding hydrogens is 446 g/mol. The standard InChI is InChI=1S/C25H26ClNO6/c1-14-6-4-7-15(10-14)22-21(24(29)25(30)27(22)13-16-8-5-9-33-16)23(28)17-11-20(32-3)18(26)12-19(17)31-2/h4,6-7,10-12,16,22,28H,5,8-9,13H2,1-3H3/b23-21+. The number of rotatable bonds is 6. The molecule has 4 rings (SSSR count). The Bertz CT molecular complexity index is 1120. The van der Waals surface area contributed by atoms with Gasteiger partial charge in [0.05, 0.1) is 42.5 Å². The Morgan fingerprint density at radius 3 is 2.58 bits per heavy atom. The van der Waals surface area contributed by atoms with Gasteiger partial charge in [-0.1, -0.05) is 41.4 Å². The van der Waals surface area contributed by atoms with Crippen LogP contribution in [0.1, 0.15) is 35.6 Å². The molecule has 2 heterocycles. The molecule has 2 fully saturated rings. The predicted octanol–water partition coefficient (Wildman–Crippen LogP) is 4.27. The first kappa shape index (κ1) is 23.1. The van der Waals surface area contributed by atoms with E-state index in [0.717, 1.165) is 24.0 Å². The largest absolute Gasteiger partial charge is 0.507 e. The molecule has 0 radical (unpaired) electrons. The third-order valence-corrected chi connectivity index (χ3v) is 6.35. The van der Waals surface area contributed by atoms with E-state index in [4.69, 9.17) is 25.8 Å². The summed E-state index contributed by atoms with van der Waals surface area (Å²) in [5, 5.41) is 11.7. The van der Waals surface area contributed by atoms with E-state index in [1.54, 1.807) is 0 Å². The van der Waals surface area contributed by atoms with Crippen molar-refractivity contribution in [1.29, 1.82) is 0 Å². The normalized spacial score (nSPS) is 22.1. The lowest BCUT2D eigenvalue weighted by Crippen LogP contribution is -2.36. The van der Waals surface area contributed by atoms with Crippen LogP contribution in [0.15, 0.2) is 42.0 Å². The summed E-state index contributed by atoms with van der Waals surface area (Å²) in [7, 11) is 2.88. The van der Waals surface area contributed by atoms with Crippen molar-refractivity contribution < 1.29 is 28.9 Å². The van der Waals surface area contributed by atoms with Crippen molar-refractivity contribution >= 4 is 29.1 Å². The van der Waals surface area contributed by atoms with Crippen molar-refractivity contribution in [3.05, 3.63) is 63.7 Å². The van der Waals surface area contributed by atoms with Gasteiger partial charge < -0.3 is 24.2 Å². The molecule has 8 heteroatoms. The van der Waals surface area contributed by atoms with Crippen molar-refractivity contribution in [3.63, 3.8) is 0 Å². The second-order valence-electron chi connectivity index (χ2n) is 8.19. The van der Waals surface area contributed by atoms with Crippen LogP contribution in [-0.2, 0) is 14.3 Å². The van der Waals surface area contributed by atoms with E-state index < -0.39 is 17.7 Å². The first-order chi connectivity index (χ1) is 15.8. The summed E-state index contributed by atoms with van der Waals surface area (Å²) in [6.45, 7) is 2.83. The zero-order valence-electron chi connectivity index (χ0n) is 18.8. The van der Waals surface area contributed by atoms with Crippen molar-refractivity contribution in [2.45, 2.75) is 31.9 Å². The highest BCUT2D eigenvalue weighted by atomic mass is 35.5. The number of nitrogens with zero attached hydrogens (tertiary/aromatic N) is 1. The molecule has 33 heavy (non-hydrogen) atoms. The highest BCUT2D eigenvalue weighted by molar-refractivity contribution is 6.46. The van der Waals surface area contributed by atoms with Crippen LogP contribution < -0.4 is 9.47 Å². The van der Waals surface area contributed by atoms with E-state index in [9.17, 15) is 14.7 Å². The maximum atomic E-state index is 13.2. The molecule has 2 aliphatic rings. The first-order valence-corrected chi connectivity index (χ1v) is 11.1. The topological polar surface area (TPSA) is 85.3 Å². The van der Waals surface area contributed by atoms with Gasteiger partial charge in [0, 0.05) is 19.2 Å². The lowest BCUT2D eigenvalue weighted by atomic mass is 9.94. The summed E-state index contributed by atoms with van der Waals surface area (Å²) in [5.74, 6) is -1.21. The Morgan fingerprint density at radius 1 is 1.18 bits per heavy atom. The average molecular weight is 472 g/mol. The number of halogens is 1. The number of aliphatic hydroxyl groups is 1. The van der Waals surface area contributed by atoms with Gasteiger partial charge in [0.2, 0.25) is 0 Å². The molecule has 2 unspecified atom stereocenters. The minimum Gasteiger partial charge on any atom is -0.507 e. The molecule has 174 valence electrons. The number of methoxy groups -OCH3 is 2. The van der Waals surface area contributed by atoms with Crippen LogP contribution in [-0.4, -0.2) is 55.2 Å². The van der Waals surface area contributed by atoms with E-state index in [0.29, 0.717) is 17.4 Å². The molecule has 2 saturated heterocycles. The zero-order valence-corrected chi connectivity index (χ0v) is 19.5. The van der Waals surface area contributed by atoms with Gasteiger partial charge in [-0.3, -0.25) is 9.59 Å². The van der Waals surface area contributed by atoms with Gasteiger partial charge in [-0.25, -0.2) is 0 Å². The van der Waals surface area contributed by atoms with E-state index in [2.05, 4.69) is 0 Å². The van der Waals surface area contributed by atoms with Gasteiger partial charge in [-0.2, -0.15) is 0 Å². The number of aliphatic hydroxyl groups excluding tert-OH is 1. The van der Waals surface area contributed by atoms with Crippen LogP contribution in [0.25, 0.3) is 5.76 Å². The molecule has 7 nitrogen and oxygen atoms in total. The van der Waals surface area contributed by atoms with Crippen LogP contribution >= 0.6 is 11.6 Å². The molecule has 0 aliphatic carbocycles. The molecule has 2 atom stereocenters. The first-order valence-electron chi connectivity index (χ1n) is 10.7. The lowest BCUT2D eigenvalue weighted by molar-refractivity contribution is -0.140. The number of carbonyl (C=O) groups excluding carboxylic acids is 2. The fourth-order valence-corrected chi connectivity index (χ4v) is 4.68. The summed E-state index contributed by atoms with van der Waals surface area (Å²) in [5.41, 5.74) is 1.91. The number of ketones is 1. The smallest absolute Gasteiger partial charge is 0.295 e. The van der Waals surface area contributed by atoms with Crippen molar-refractivity contribution in [1.82, 2.24) is 4.90 Å². The molecule has 2 aromatic carbocycles. The maximum Gasteiger partial charge on any atom is 0.295 e. The quantitative estimate of drug-likeness (QED) is 0.385. The van der Waals surface area contributed by atoms with Gasteiger partial charge in [-0.15, -0.1) is 0 Å². The fraction of sp³-hybridized carbons (Fsp3) is 0.360. The number of hydrogen-bond donors (Lipinski definition) is 1. The minimum atomic E-state index is -0.763. The van der Waals surface area contributed by atoms with E-state index in [1.807, 2.05) is 31.2 Å². The third-order valence-electron chi connectivity index (χ3n) is 6.05. The molecular formula is C25H26ClNO6. The minimum absolute atomic E-state index is 0.00808. The second kappa shape index (κ2) is 9.45. The van der Waals surface area contributed by atoms with E-state index >= 15 is 0 Å². The van der Waals surface area contributed by atoms with Gasteiger partial charge >= 0.3 is 0 Å². The number of carbonyl (C=O) groups is 2. The summed E-state index contributed by atoms with van der Waals surface area (Å²) >= 11 is 6.21. The van der Waals surface area contributed by atoms with Gasteiger partial charge in [0.15, 0.2) is 0 Å². The molecule has 1 amide bonds. The Morgan fingerprint density at radius 2 is 1.94 bits per heavy atom. The van der Waals surface area contributed by atoms with Crippen LogP contribution in [0, 0.1) is 6.92 Å². The number of Topliss-reactive ketones (excluding diaryl/α,β-unsaturated/α-hetero) is 1. The number of likely N-dealkylation sites (tertiary alicyclic amines) is 1. The Kier molecular flexibility index (Phi) is 6.63. The predicted molar refractivity (Wildman–Crippen MR) is 124 cm³/mol. The third kappa shape index (κ3) is 4.30. The van der Waals surface area contributed by atoms with Gasteiger partial charge in [0.1, 0.15) is 17.3 Å². The Labute approximate surface area is 197 Å². The molecule has 0 bridgehead atoms. The Balaban J connectivity index is 1.90. The molecule has 2 aromatic rings. The molecule has 1 N–H and O–H groups in total. The number of aryl methyl sites for hydroxylation is 1. The molecule has 0 spiro atoms. The van der Waals surface area contributed by atoms with Gasteiger partial charge in [-0.05, 0) is 31.4 Å². The highest BCUT2D eigenvalue weighted by Gasteiger charge is 2.47. The lowest BCUT2D eigenvalue weighted by Gasteiger charge is -2.27. The summed E-state index contributed by atoms with van der Waals surface area (Å²) in [6.07, 6.45) is 1.57. The molecule has 0 aromatic heterocycles. The average Bonchev–Trinajstić information content (AvgIpc) is 3.40. The fourth-order valence-electron chi connectivity index (χ4n) is 4.45. The van der Waals surface area contributed by atoms with Crippen molar-refractivity contribution in [2.24, 2.45) is 0 Å². The van der Waals surface area contributed by atoms with Crippen molar-refractivity contribution in [3.8, 4) is 11.5 Å². The number of benzene rings is 2. The number of amides is 1. The van der Waals surface area contributed by atoms with E-state index in [-0.39, 0.29) is 35.3 Å². The van der Waals surface area contributed by atoms with Crippen LogP contribution in [0.5, 0.6) is 11.5 Å². The van der Waals surface area contributed by atoms with Crippen LogP contribution in [0.3, 0.4) is 0 Å². The zero-order chi connectivity index (χ0) is 23.7. The number of hydrogen-bond acceptors (Lipinski definition) is 6. The van der Waals surface area contributed by atoms with Gasteiger partial charge in [0.25, 0.3) is 11.7 Å². The second-order valence-corrected chi connectivity index (χ2v) is 8.59. The van der Waals surface area contributed by atoms with Crippen LogP contribution in [0.2, 0.25) is 5.02 Å². The summed E-state index contributed by atoms with van der Waals surface area (Å²) < 4.78 is 16.4. The monoisotopic (exact) mass is 471 g/mol. The molecule has 0 saturated carbocycles.